The van der Waals surface area contributed by atoms with Crippen LogP contribution in [0.15, 0.2) is 35.2 Å². The molecule has 0 aromatic heterocycles. The Morgan fingerprint density at radius 2 is 2.06 bits per heavy atom. The predicted octanol–water partition coefficient (Wildman–Crippen LogP) is 5.98. The van der Waals surface area contributed by atoms with Gasteiger partial charge in [-0.25, -0.2) is 4.79 Å². The van der Waals surface area contributed by atoms with E-state index in [0.717, 1.165) is 42.6 Å². The van der Waals surface area contributed by atoms with Gasteiger partial charge in [-0.15, -0.1) is 0 Å². The number of carboxylic acid groups (broad SMARTS) is 1. The Hall–Kier alpha value is -2.87. The van der Waals surface area contributed by atoms with Crippen LogP contribution in [0.5, 0.6) is 5.75 Å². The average molecular weight is 454 g/mol. The Morgan fingerprint density at radius 3 is 2.65 bits per heavy atom. The highest BCUT2D eigenvalue weighted by Gasteiger charge is 2.38. The van der Waals surface area contributed by atoms with Gasteiger partial charge in [0.15, 0.2) is 0 Å². The van der Waals surface area contributed by atoms with Crippen LogP contribution in [-0.2, 0) is 0 Å². The number of nitrogens with zero attached hydrogens (tertiary/aromatic N) is 2. The molecular formula is C23H20ClN3O3S. The fourth-order valence-corrected chi connectivity index (χ4v) is 4.66. The summed E-state index contributed by atoms with van der Waals surface area (Å²) < 4.78 is 9.19. The molecule has 0 unspecified atom stereocenters. The van der Waals surface area contributed by atoms with Gasteiger partial charge < -0.3 is 14.6 Å². The number of hydrogen-bond donors (Lipinski definition) is 2. The molecule has 2 N–H and O–H groups in total. The van der Waals surface area contributed by atoms with Gasteiger partial charge in [-0.05, 0) is 67.3 Å². The first-order valence-corrected chi connectivity index (χ1v) is 11.2. The van der Waals surface area contributed by atoms with Crippen LogP contribution in [0.2, 0.25) is 5.02 Å². The molecule has 31 heavy (non-hydrogen) atoms. The number of benzene rings is 2. The Kier molecular flexibility index (Phi) is 6.00. The van der Waals surface area contributed by atoms with Crippen molar-refractivity contribution in [2.24, 2.45) is 5.41 Å². The molecule has 0 spiro atoms. The van der Waals surface area contributed by atoms with Crippen molar-refractivity contribution in [1.82, 2.24) is 0 Å². The van der Waals surface area contributed by atoms with E-state index in [1.165, 1.54) is 11.9 Å². The molecule has 0 bridgehead atoms. The van der Waals surface area contributed by atoms with Crippen molar-refractivity contribution in [3.8, 4) is 17.9 Å². The number of nitriles is 2. The molecule has 8 heteroatoms. The minimum absolute atomic E-state index is 0.222. The molecule has 2 aliphatic carbocycles. The quantitative estimate of drug-likeness (QED) is 0.473. The van der Waals surface area contributed by atoms with Gasteiger partial charge >= 0.3 is 5.97 Å². The van der Waals surface area contributed by atoms with E-state index in [1.54, 1.807) is 24.3 Å². The molecule has 4 rings (SSSR count). The fraction of sp³-hybridized carbons (Fsp3) is 0.348. The second-order valence-corrected chi connectivity index (χ2v) is 9.27. The topological polar surface area (TPSA) is 106 Å². The van der Waals surface area contributed by atoms with E-state index in [-0.39, 0.29) is 17.2 Å². The number of rotatable bonds is 8. The van der Waals surface area contributed by atoms with Crippen molar-refractivity contribution in [1.29, 1.82) is 10.5 Å². The molecule has 2 fully saturated rings. The zero-order chi connectivity index (χ0) is 22.0. The van der Waals surface area contributed by atoms with Crippen molar-refractivity contribution in [2.75, 3.05) is 11.3 Å². The summed E-state index contributed by atoms with van der Waals surface area (Å²) in [5.74, 6) is -0.0778. The molecule has 0 aliphatic heterocycles. The Labute approximate surface area is 189 Å². The Balaban J connectivity index is 1.59. The summed E-state index contributed by atoms with van der Waals surface area (Å²) in [5.41, 5.74) is 1.72. The van der Waals surface area contributed by atoms with Gasteiger partial charge in [-0.1, -0.05) is 24.1 Å². The first kappa shape index (κ1) is 21.4. The number of anilines is 1. The number of carboxylic acids is 1. The van der Waals surface area contributed by atoms with Gasteiger partial charge in [0.1, 0.15) is 18.4 Å². The molecule has 2 saturated carbocycles. The lowest BCUT2D eigenvalue weighted by Crippen LogP contribution is -2.34. The van der Waals surface area contributed by atoms with Crippen LogP contribution in [0.25, 0.3) is 0 Å². The van der Waals surface area contributed by atoms with Crippen LogP contribution in [0, 0.1) is 28.1 Å². The number of carbonyl (C=O) groups is 1. The second kappa shape index (κ2) is 8.70. The number of aromatic carboxylic acids is 1. The summed E-state index contributed by atoms with van der Waals surface area (Å²) in [6.45, 7) is 0.257. The highest BCUT2D eigenvalue weighted by molar-refractivity contribution is 8.00. The number of ether oxygens (including phenoxy) is 1. The van der Waals surface area contributed by atoms with E-state index in [9.17, 15) is 20.4 Å². The van der Waals surface area contributed by atoms with E-state index < -0.39 is 11.4 Å². The second-order valence-electron chi connectivity index (χ2n) is 8.01. The monoisotopic (exact) mass is 453 g/mol. The van der Waals surface area contributed by atoms with Gasteiger partial charge in [0, 0.05) is 11.0 Å². The van der Waals surface area contributed by atoms with Crippen LogP contribution in [0.4, 0.5) is 5.69 Å². The molecule has 2 aromatic carbocycles. The molecule has 6 nitrogen and oxygen atoms in total. The van der Waals surface area contributed by atoms with E-state index >= 15 is 0 Å². The minimum atomic E-state index is -0.978. The summed E-state index contributed by atoms with van der Waals surface area (Å²) in [7, 11) is 0. The maximum atomic E-state index is 11.4. The molecule has 2 aliphatic rings. The van der Waals surface area contributed by atoms with E-state index in [2.05, 4.69) is 16.9 Å². The van der Waals surface area contributed by atoms with Gasteiger partial charge in [0.05, 0.1) is 33.3 Å². The molecule has 0 atom stereocenters. The summed E-state index contributed by atoms with van der Waals surface area (Å²) in [5, 5.41) is 28.5. The number of halogens is 1. The van der Waals surface area contributed by atoms with Crippen LogP contribution in [0.1, 0.15) is 59.5 Å². The molecular weight excluding hydrogens is 434 g/mol. The van der Waals surface area contributed by atoms with Crippen molar-refractivity contribution in [3.05, 3.63) is 52.0 Å². The van der Waals surface area contributed by atoms with Gasteiger partial charge in [0.2, 0.25) is 0 Å². The van der Waals surface area contributed by atoms with Crippen LogP contribution in [0.3, 0.4) is 0 Å². The predicted molar refractivity (Wildman–Crippen MR) is 118 cm³/mol. The molecule has 158 valence electrons. The molecule has 2 aromatic rings. The van der Waals surface area contributed by atoms with Crippen LogP contribution in [-0.4, -0.2) is 17.7 Å². The van der Waals surface area contributed by atoms with E-state index in [4.69, 9.17) is 16.3 Å². The van der Waals surface area contributed by atoms with Crippen molar-refractivity contribution in [2.45, 2.75) is 42.9 Å². The molecule has 0 heterocycles. The number of hydrogen-bond acceptors (Lipinski definition) is 6. The highest BCUT2D eigenvalue weighted by Crippen LogP contribution is 2.46. The smallest absolute Gasteiger partial charge is 0.335 e. The van der Waals surface area contributed by atoms with E-state index in [1.807, 2.05) is 6.07 Å². The third-order valence-corrected chi connectivity index (χ3v) is 7.00. The van der Waals surface area contributed by atoms with Crippen molar-refractivity contribution < 1.29 is 14.6 Å². The Morgan fingerprint density at radius 1 is 1.29 bits per heavy atom. The first-order chi connectivity index (χ1) is 14.9. The van der Waals surface area contributed by atoms with Gasteiger partial charge in [-0.3, -0.25) is 0 Å². The van der Waals surface area contributed by atoms with Crippen LogP contribution >= 0.6 is 23.5 Å². The van der Waals surface area contributed by atoms with Gasteiger partial charge in [-0.2, -0.15) is 10.5 Å². The summed E-state index contributed by atoms with van der Waals surface area (Å²) in [4.78, 5) is 12.2. The molecule has 0 radical (unpaired) electrons. The normalized spacial score (nSPS) is 16.5. The molecule has 0 saturated heterocycles. The fourth-order valence-electron chi connectivity index (χ4n) is 3.55. The maximum absolute atomic E-state index is 11.4. The van der Waals surface area contributed by atoms with E-state index in [0.29, 0.717) is 22.9 Å². The minimum Gasteiger partial charge on any atom is -0.490 e. The summed E-state index contributed by atoms with van der Waals surface area (Å²) in [6, 6.07) is 12.8. The van der Waals surface area contributed by atoms with Gasteiger partial charge in [0.25, 0.3) is 0 Å². The Bertz CT molecular complexity index is 1110. The third kappa shape index (κ3) is 4.58. The SMILES string of the molecule is N#Cc1cc(NSc2cc(C(=O)O)ccc2C2CC2)c(OCC2(C#N)CCC2)cc1Cl. The lowest BCUT2D eigenvalue weighted by molar-refractivity contribution is 0.0696. The summed E-state index contributed by atoms with van der Waals surface area (Å²) in [6.07, 6.45) is 4.79. The standard InChI is InChI=1S/C23H20ClN3O3S/c24-18-10-20(30-13-23(12-26)6-1-7-23)19(8-16(18)11-25)27-31-21-9-15(22(28)29)4-5-17(21)14-2-3-14/h4-5,8-10,14,27H,1-3,6-7,13H2,(H,28,29). The number of nitrogens with one attached hydrogen (secondary N) is 1. The highest BCUT2D eigenvalue weighted by atomic mass is 35.5. The van der Waals surface area contributed by atoms with Crippen molar-refractivity contribution in [3.63, 3.8) is 0 Å². The lowest BCUT2D eigenvalue weighted by atomic mass is 9.71. The largest absolute Gasteiger partial charge is 0.490 e. The summed E-state index contributed by atoms with van der Waals surface area (Å²) >= 11 is 7.50. The maximum Gasteiger partial charge on any atom is 0.335 e. The average Bonchev–Trinajstić information content (AvgIpc) is 3.57. The van der Waals surface area contributed by atoms with Crippen LogP contribution < -0.4 is 9.46 Å². The molecule has 0 amide bonds. The third-order valence-electron chi connectivity index (χ3n) is 5.79. The van der Waals surface area contributed by atoms with Crippen molar-refractivity contribution >= 4 is 35.2 Å². The first-order valence-electron chi connectivity index (χ1n) is 10.0. The lowest BCUT2D eigenvalue weighted by Gasteiger charge is -2.34. The zero-order valence-corrected chi connectivity index (χ0v) is 18.2. The zero-order valence-electron chi connectivity index (χ0n) is 16.7.